The molecule has 0 saturated carbocycles. The third kappa shape index (κ3) is 2.99. The summed E-state index contributed by atoms with van der Waals surface area (Å²) >= 11 is 0. The van der Waals surface area contributed by atoms with E-state index in [0.29, 0.717) is 5.82 Å². The monoisotopic (exact) mass is 365 g/mol. The zero-order valence-electron chi connectivity index (χ0n) is 15.5. The van der Waals surface area contributed by atoms with Crippen LogP contribution in [0.3, 0.4) is 0 Å². The van der Waals surface area contributed by atoms with Gasteiger partial charge in [-0.25, -0.2) is 9.97 Å². The number of benzene rings is 3. The van der Waals surface area contributed by atoms with Gasteiger partial charge < -0.3 is 10.1 Å². The minimum atomic E-state index is 0.696. The van der Waals surface area contributed by atoms with Crippen LogP contribution in [0, 0.1) is 0 Å². The normalized spacial score (nSPS) is 12.2. The minimum Gasteiger partial charge on any atom is -0.497 e. The van der Waals surface area contributed by atoms with E-state index in [4.69, 9.17) is 14.7 Å². The van der Waals surface area contributed by atoms with Crippen molar-refractivity contribution in [3.63, 3.8) is 0 Å². The van der Waals surface area contributed by atoms with E-state index in [1.54, 1.807) is 7.11 Å². The maximum absolute atomic E-state index is 5.41. The largest absolute Gasteiger partial charge is 0.497 e. The summed E-state index contributed by atoms with van der Waals surface area (Å²) in [6.45, 7) is 0. The predicted molar refractivity (Wildman–Crippen MR) is 114 cm³/mol. The second kappa shape index (κ2) is 6.82. The Morgan fingerprint density at radius 3 is 2.68 bits per heavy atom. The molecule has 0 fully saturated rings. The Hall–Kier alpha value is -3.66. The molecule has 3 aromatic carbocycles. The van der Waals surface area contributed by atoms with Gasteiger partial charge in [-0.3, -0.25) is 0 Å². The Kier molecular flexibility index (Phi) is 4.02. The molecule has 4 heteroatoms. The first-order chi connectivity index (χ1) is 13.8. The summed E-state index contributed by atoms with van der Waals surface area (Å²) in [6, 6.07) is 22.3. The highest BCUT2D eigenvalue weighted by atomic mass is 16.5. The molecule has 0 amide bonds. The zero-order valence-corrected chi connectivity index (χ0v) is 15.5. The summed E-state index contributed by atoms with van der Waals surface area (Å²) in [6.07, 6.45) is 5.35. The molecule has 136 valence electrons. The van der Waals surface area contributed by atoms with Gasteiger partial charge in [-0.2, -0.15) is 0 Å². The van der Waals surface area contributed by atoms with Gasteiger partial charge in [0.15, 0.2) is 5.82 Å². The molecule has 28 heavy (non-hydrogen) atoms. The molecule has 0 bridgehead atoms. The lowest BCUT2D eigenvalue weighted by atomic mass is 10.1. The number of nitrogens with zero attached hydrogens (tertiary/aromatic N) is 2. The van der Waals surface area contributed by atoms with Gasteiger partial charge in [0, 0.05) is 16.6 Å². The number of methoxy groups -OCH3 is 1. The van der Waals surface area contributed by atoms with Crippen LogP contribution in [0.5, 0.6) is 5.75 Å². The smallest absolute Gasteiger partial charge is 0.162 e. The van der Waals surface area contributed by atoms with Crippen LogP contribution in [-0.2, 0) is 6.42 Å². The molecule has 0 unspecified atom stereocenters. The number of hydrogen-bond acceptors (Lipinski definition) is 4. The van der Waals surface area contributed by atoms with Crippen LogP contribution >= 0.6 is 0 Å². The first kappa shape index (κ1) is 16.5. The fourth-order valence-corrected chi connectivity index (χ4v) is 3.51. The molecule has 0 spiro atoms. The highest BCUT2D eigenvalue weighted by molar-refractivity contribution is 5.93. The quantitative estimate of drug-likeness (QED) is 0.510. The van der Waals surface area contributed by atoms with Crippen LogP contribution in [0.1, 0.15) is 11.1 Å². The average Bonchev–Trinajstić information content (AvgIpc) is 3.22. The molecule has 1 aliphatic rings. The van der Waals surface area contributed by atoms with Crippen molar-refractivity contribution in [1.82, 2.24) is 9.97 Å². The molecule has 1 aromatic heterocycles. The summed E-state index contributed by atoms with van der Waals surface area (Å²) in [5.41, 5.74) is 5.47. The fraction of sp³-hybridized carbons (Fsp3) is 0.0833. The number of allylic oxidation sites excluding steroid dienone is 1. The second-order valence-electron chi connectivity index (χ2n) is 6.79. The van der Waals surface area contributed by atoms with Gasteiger partial charge >= 0.3 is 0 Å². The summed E-state index contributed by atoms with van der Waals surface area (Å²) in [5, 5.41) is 4.42. The zero-order chi connectivity index (χ0) is 18.9. The molecular formula is C24H19N3O. The summed E-state index contributed by atoms with van der Waals surface area (Å²) < 4.78 is 5.41. The average molecular weight is 365 g/mol. The Morgan fingerprint density at radius 1 is 0.929 bits per heavy atom. The molecule has 0 atom stereocenters. The molecule has 0 radical (unpaired) electrons. The Labute approximate surface area is 163 Å². The van der Waals surface area contributed by atoms with Crippen molar-refractivity contribution >= 4 is 28.5 Å². The van der Waals surface area contributed by atoms with Crippen molar-refractivity contribution in [3.05, 3.63) is 83.9 Å². The fourth-order valence-electron chi connectivity index (χ4n) is 3.51. The third-order valence-corrected chi connectivity index (χ3v) is 4.98. The lowest BCUT2D eigenvalue weighted by Crippen LogP contribution is -2.00. The molecule has 4 aromatic rings. The number of ether oxygens (including phenoxy) is 1. The number of nitrogens with one attached hydrogen (secondary N) is 1. The minimum absolute atomic E-state index is 0.696. The maximum atomic E-state index is 5.41. The van der Waals surface area contributed by atoms with E-state index in [0.717, 1.165) is 40.1 Å². The van der Waals surface area contributed by atoms with E-state index in [2.05, 4.69) is 35.7 Å². The van der Waals surface area contributed by atoms with E-state index in [9.17, 15) is 0 Å². The van der Waals surface area contributed by atoms with Gasteiger partial charge in [-0.05, 0) is 47.9 Å². The van der Waals surface area contributed by atoms with Gasteiger partial charge in [-0.15, -0.1) is 0 Å². The molecular weight excluding hydrogens is 346 g/mol. The van der Waals surface area contributed by atoms with Gasteiger partial charge in [0.1, 0.15) is 11.6 Å². The van der Waals surface area contributed by atoms with E-state index >= 15 is 0 Å². The van der Waals surface area contributed by atoms with Crippen LogP contribution in [0.4, 0.5) is 11.5 Å². The molecule has 4 nitrogen and oxygen atoms in total. The van der Waals surface area contributed by atoms with Gasteiger partial charge in [0.2, 0.25) is 0 Å². The summed E-state index contributed by atoms with van der Waals surface area (Å²) in [4.78, 5) is 9.60. The standard InChI is InChI=1S/C24H19N3O/c1-28-20-12-13-22-21(15-20)24(27-23(26-22)17-6-3-2-4-7-17)25-19-11-10-16-8-5-9-18(16)14-19/h2-7,9-15H,8H2,1H3,(H,25,26,27). The second-order valence-corrected chi connectivity index (χ2v) is 6.79. The van der Waals surface area contributed by atoms with Crippen molar-refractivity contribution < 1.29 is 4.74 Å². The van der Waals surface area contributed by atoms with Gasteiger partial charge in [0.05, 0.1) is 12.6 Å². The first-order valence-electron chi connectivity index (χ1n) is 9.28. The van der Waals surface area contributed by atoms with Crippen LogP contribution in [0.2, 0.25) is 0 Å². The van der Waals surface area contributed by atoms with Crippen molar-refractivity contribution in [1.29, 1.82) is 0 Å². The van der Waals surface area contributed by atoms with Crippen LogP contribution < -0.4 is 10.1 Å². The van der Waals surface area contributed by atoms with Crippen molar-refractivity contribution in [2.75, 3.05) is 12.4 Å². The molecule has 0 saturated heterocycles. The lowest BCUT2D eigenvalue weighted by Gasteiger charge is -2.13. The molecule has 0 aliphatic heterocycles. The number of rotatable bonds is 4. The summed E-state index contributed by atoms with van der Waals surface area (Å²) in [7, 11) is 1.67. The van der Waals surface area contributed by atoms with E-state index in [-0.39, 0.29) is 0 Å². The van der Waals surface area contributed by atoms with Crippen molar-refractivity contribution in [2.45, 2.75) is 6.42 Å². The molecule has 1 N–H and O–H groups in total. The third-order valence-electron chi connectivity index (χ3n) is 4.98. The Bertz CT molecular complexity index is 1200. The van der Waals surface area contributed by atoms with Gasteiger partial charge in [0.25, 0.3) is 0 Å². The lowest BCUT2D eigenvalue weighted by molar-refractivity contribution is 0.415. The SMILES string of the molecule is COc1ccc2nc(-c3ccccc3)nc(Nc3ccc4c(c3)C=CC4)c2c1. The van der Waals surface area contributed by atoms with Crippen LogP contribution in [-0.4, -0.2) is 17.1 Å². The maximum Gasteiger partial charge on any atom is 0.162 e. The Morgan fingerprint density at radius 2 is 1.82 bits per heavy atom. The first-order valence-corrected chi connectivity index (χ1v) is 9.28. The number of aromatic nitrogens is 2. The van der Waals surface area contributed by atoms with Crippen molar-refractivity contribution in [3.8, 4) is 17.1 Å². The van der Waals surface area contributed by atoms with Crippen molar-refractivity contribution in [2.24, 2.45) is 0 Å². The van der Waals surface area contributed by atoms with E-state index in [1.165, 1.54) is 11.1 Å². The molecule has 5 rings (SSSR count). The highest BCUT2D eigenvalue weighted by Crippen LogP contribution is 2.31. The van der Waals surface area contributed by atoms with Crippen LogP contribution in [0.25, 0.3) is 28.4 Å². The topological polar surface area (TPSA) is 47.0 Å². The Balaban J connectivity index is 1.65. The van der Waals surface area contributed by atoms with E-state index in [1.807, 2.05) is 48.5 Å². The molecule has 1 heterocycles. The highest BCUT2D eigenvalue weighted by Gasteiger charge is 2.12. The summed E-state index contributed by atoms with van der Waals surface area (Å²) in [5.74, 6) is 2.25. The number of anilines is 2. The number of fused-ring (bicyclic) bond motifs is 2. The van der Waals surface area contributed by atoms with E-state index < -0.39 is 0 Å². The van der Waals surface area contributed by atoms with Crippen LogP contribution in [0.15, 0.2) is 72.8 Å². The predicted octanol–water partition coefficient (Wildman–Crippen LogP) is 5.62. The number of hydrogen-bond donors (Lipinski definition) is 1. The molecule has 1 aliphatic carbocycles. The van der Waals surface area contributed by atoms with Gasteiger partial charge in [-0.1, -0.05) is 48.6 Å².